The van der Waals surface area contributed by atoms with Crippen LogP contribution in [-0.4, -0.2) is 39.4 Å². The fourth-order valence-corrected chi connectivity index (χ4v) is 6.11. The molecule has 0 spiro atoms. The van der Waals surface area contributed by atoms with Crippen molar-refractivity contribution in [1.29, 1.82) is 0 Å². The van der Waals surface area contributed by atoms with Crippen molar-refractivity contribution < 1.29 is 15.3 Å². The maximum atomic E-state index is 10.4. The molecule has 1 aromatic heterocycles. The minimum Gasteiger partial charge on any atom is -0.395 e. The molecule has 0 saturated carbocycles. The first-order valence-corrected chi connectivity index (χ1v) is 10.6. The third-order valence-electron chi connectivity index (χ3n) is 4.89. The summed E-state index contributed by atoms with van der Waals surface area (Å²) < 4.78 is 1.30. The van der Waals surface area contributed by atoms with Gasteiger partial charge >= 0.3 is 0 Å². The first-order valence-electron chi connectivity index (χ1n) is 8.83. The zero-order chi connectivity index (χ0) is 18.1. The summed E-state index contributed by atoms with van der Waals surface area (Å²) in [5.41, 5.74) is 2.21. The standard InChI is InChI=1S/C21H22O3S2/c22-12-17-11-18(23)20(24)21(26-17)15-6-3-4-13(8-15)9-16-10-14-5-1-2-7-19(14)25-16/h1-8,10,17-18,20-24H,9,11-12H2/t17-,18-,20+,21-/m0/s1. The summed E-state index contributed by atoms with van der Waals surface area (Å²) in [4.78, 5) is 1.31. The minimum atomic E-state index is -0.803. The third-order valence-corrected chi connectivity index (χ3v) is 7.57. The van der Waals surface area contributed by atoms with Crippen LogP contribution in [0.1, 0.15) is 27.7 Å². The zero-order valence-corrected chi connectivity index (χ0v) is 15.9. The van der Waals surface area contributed by atoms with Crippen LogP contribution in [0.4, 0.5) is 0 Å². The van der Waals surface area contributed by atoms with Gasteiger partial charge in [0.25, 0.3) is 0 Å². The van der Waals surface area contributed by atoms with Crippen LogP contribution >= 0.6 is 23.1 Å². The molecule has 0 radical (unpaired) electrons. The van der Waals surface area contributed by atoms with Gasteiger partial charge in [0, 0.05) is 21.2 Å². The van der Waals surface area contributed by atoms with Gasteiger partial charge < -0.3 is 15.3 Å². The lowest BCUT2D eigenvalue weighted by Gasteiger charge is -2.36. The van der Waals surface area contributed by atoms with Gasteiger partial charge in [-0.15, -0.1) is 23.1 Å². The van der Waals surface area contributed by atoms with E-state index >= 15 is 0 Å². The SMILES string of the molecule is OC[C@@H]1C[C@H](O)[C@@H](O)[C@H](c2cccc(Cc3cc4ccccc4s3)c2)S1. The molecule has 3 N–H and O–H groups in total. The van der Waals surface area contributed by atoms with Crippen LogP contribution in [0.3, 0.4) is 0 Å². The highest BCUT2D eigenvalue weighted by atomic mass is 32.2. The first kappa shape index (κ1) is 18.0. The van der Waals surface area contributed by atoms with E-state index in [9.17, 15) is 15.3 Å². The van der Waals surface area contributed by atoms with E-state index in [2.05, 4.69) is 42.5 Å². The van der Waals surface area contributed by atoms with Gasteiger partial charge in [-0.2, -0.15) is 0 Å². The molecule has 1 fully saturated rings. The summed E-state index contributed by atoms with van der Waals surface area (Å²) in [5, 5.41) is 31.0. The molecule has 0 unspecified atom stereocenters. The fraction of sp³-hybridized carbons (Fsp3) is 0.333. The average molecular weight is 387 g/mol. The van der Waals surface area contributed by atoms with Crippen molar-refractivity contribution in [3.63, 3.8) is 0 Å². The van der Waals surface area contributed by atoms with Gasteiger partial charge in [-0.05, 0) is 35.1 Å². The Bertz CT molecular complexity index is 859. The second-order valence-electron chi connectivity index (χ2n) is 6.83. The Hall–Kier alpha value is -1.37. The number of aliphatic hydroxyl groups is 3. The Kier molecular flexibility index (Phi) is 5.34. The summed E-state index contributed by atoms with van der Waals surface area (Å²) in [6.07, 6.45) is -0.306. The monoisotopic (exact) mass is 386 g/mol. The van der Waals surface area contributed by atoms with Gasteiger partial charge in [0.2, 0.25) is 0 Å². The molecule has 2 aromatic carbocycles. The predicted molar refractivity (Wildman–Crippen MR) is 109 cm³/mol. The highest BCUT2D eigenvalue weighted by Gasteiger charge is 2.37. The van der Waals surface area contributed by atoms with Crippen molar-refractivity contribution >= 4 is 33.2 Å². The Morgan fingerprint density at radius 1 is 1.00 bits per heavy atom. The molecule has 3 nitrogen and oxygen atoms in total. The number of aliphatic hydroxyl groups excluding tert-OH is 3. The van der Waals surface area contributed by atoms with E-state index in [1.165, 1.54) is 20.5 Å². The van der Waals surface area contributed by atoms with Gasteiger partial charge in [0.1, 0.15) is 0 Å². The maximum Gasteiger partial charge on any atom is 0.0958 e. The number of hydrogen-bond donors (Lipinski definition) is 3. The molecule has 136 valence electrons. The molecule has 1 aliphatic rings. The van der Waals surface area contributed by atoms with Gasteiger partial charge in [-0.3, -0.25) is 0 Å². The van der Waals surface area contributed by atoms with E-state index in [1.54, 1.807) is 11.8 Å². The lowest BCUT2D eigenvalue weighted by atomic mass is 9.97. The summed E-state index contributed by atoms with van der Waals surface area (Å²) in [6.45, 7) is 0.0203. The Balaban J connectivity index is 1.57. The highest BCUT2D eigenvalue weighted by molar-refractivity contribution is 8.00. The van der Waals surface area contributed by atoms with E-state index < -0.39 is 12.2 Å². The van der Waals surface area contributed by atoms with Crippen molar-refractivity contribution in [3.8, 4) is 0 Å². The normalized spacial score (nSPS) is 26.3. The number of thioether (sulfide) groups is 1. The molecule has 0 amide bonds. The molecule has 26 heavy (non-hydrogen) atoms. The van der Waals surface area contributed by atoms with Crippen LogP contribution in [0.2, 0.25) is 0 Å². The van der Waals surface area contributed by atoms with Crippen molar-refractivity contribution in [2.24, 2.45) is 0 Å². The van der Waals surface area contributed by atoms with Gasteiger partial charge in [0.05, 0.1) is 24.1 Å². The largest absolute Gasteiger partial charge is 0.395 e. The quantitative estimate of drug-likeness (QED) is 0.639. The van der Waals surface area contributed by atoms with Crippen LogP contribution in [-0.2, 0) is 6.42 Å². The van der Waals surface area contributed by atoms with Crippen LogP contribution < -0.4 is 0 Å². The topological polar surface area (TPSA) is 60.7 Å². The number of fused-ring (bicyclic) bond motifs is 1. The van der Waals surface area contributed by atoms with Gasteiger partial charge in [0.15, 0.2) is 0 Å². The highest BCUT2D eigenvalue weighted by Crippen LogP contribution is 2.43. The second-order valence-corrected chi connectivity index (χ2v) is 9.44. The van der Waals surface area contributed by atoms with E-state index in [1.807, 2.05) is 23.5 Å². The molecule has 4 rings (SSSR count). The van der Waals surface area contributed by atoms with Crippen molar-refractivity contribution in [2.45, 2.75) is 35.5 Å². The molecule has 4 atom stereocenters. The lowest BCUT2D eigenvalue weighted by Crippen LogP contribution is -2.39. The lowest BCUT2D eigenvalue weighted by molar-refractivity contribution is 0.00526. The summed E-state index contributed by atoms with van der Waals surface area (Å²) in [7, 11) is 0. The summed E-state index contributed by atoms with van der Waals surface area (Å²) >= 11 is 3.37. The molecule has 3 aromatic rings. The van der Waals surface area contributed by atoms with Crippen molar-refractivity contribution in [2.75, 3.05) is 6.61 Å². The number of benzene rings is 2. The molecular weight excluding hydrogens is 364 g/mol. The number of hydrogen-bond acceptors (Lipinski definition) is 5. The van der Waals surface area contributed by atoms with Gasteiger partial charge in [-0.1, -0.05) is 42.5 Å². The molecule has 1 aliphatic heterocycles. The number of thiophene rings is 1. The first-order chi connectivity index (χ1) is 12.6. The molecular formula is C21H22O3S2. The van der Waals surface area contributed by atoms with Crippen LogP contribution in [0.15, 0.2) is 54.6 Å². The minimum absolute atomic E-state index is 0.0203. The Morgan fingerprint density at radius 3 is 2.65 bits per heavy atom. The molecule has 2 heterocycles. The predicted octanol–water partition coefficient (Wildman–Crippen LogP) is 3.75. The van der Waals surface area contributed by atoms with E-state index in [0.29, 0.717) is 6.42 Å². The zero-order valence-electron chi connectivity index (χ0n) is 14.3. The Morgan fingerprint density at radius 2 is 1.85 bits per heavy atom. The smallest absolute Gasteiger partial charge is 0.0958 e. The van der Waals surface area contributed by atoms with Crippen LogP contribution in [0.25, 0.3) is 10.1 Å². The van der Waals surface area contributed by atoms with Crippen LogP contribution in [0.5, 0.6) is 0 Å². The molecule has 5 heteroatoms. The van der Waals surface area contributed by atoms with E-state index in [0.717, 1.165) is 12.0 Å². The van der Waals surface area contributed by atoms with Crippen molar-refractivity contribution in [1.82, 2.24) is 0 Å². The van der Waals surface area contributed by atoms with Gasteiger partial charge in [-0.25, -0.2) is 0 Å². The second kappa shape index (κ2) is 7.71. The maximum absolute atomic E-state index is 10.4. The molecule has 1 saturated heterocycles. The Labute approximate surface area is 161 Å². The fourth-order valence-electron chi connectivity index (χ4n) is 3.55. The van der Waals surface area contributed by atoms with Crippen molar-refractivity contribution in [3.05, 3.63) is 70.6 Å². The third kappa shape index (κ3) is 3.68. The summed E-state index contributed by atoms with van der Waals surface area (Å²) in [5.74, 6) is 0. The van der Waals surface area contributed by atoms with E-state index in [-0.39, 0.29) is 17.1 Å². The summed E-state index contributed by atoms with van der Waals surface area (Å²) in [6, 6.07) is 18.9. The molecule has 0 bridgehead atoms. The van der Waals surface area contributed by atoms with E-state index in [4.69, 9.17) is 0 Å². The molecule has 0 aliphatic carbocycles. The van der Waals surface area contributed by atoms with Crippen LogP contribution in [0, 0.1) is 0 Å². The average Bonchev–Trinajstić information content (AvgIpc) is 3.06. The number of rotatable bonds is 4.